The summed E-state index contributed by atoms with van der Waals surface area (Å²) in [4.78, 5) is 12.4. The number of halogens is 4. The fourth-order valence-electron chi connectivity index (χ4n) is 2.73. The zero-order valence-electron chi connectivity index (χ0n) is 16.9. The van der Waals surface area contributed by atoms with E-state index in [1.807, 2.05) is 0 Å². The minimum atomic E-state index is -4.51. The lowest BCUT2D eigenvalue weighted by Crippen LogP contribution is -2.21. The number of hydrogen-bond acceptors (Lipinski definition) is 5. The lowest BCUT2D eigenvalue weighted by atomic mass is 10.0. The molecule has 3 aromatic rings. The van der Waals surface area contributed by atoms with Crippen LogP contribution in [0.25, 0.3) is 0 Å². The van der Waals surface area contributed by atoms with Crippen molar-refractivity contribution < 1.29 is 30.6 Å². The number of carbonyl (C=O) groups excluding carboxylic acids is 1. The minimum absolute atomic E-state index is 0.0147. The van der Waals surface area contributed by atoms with E-state index in [0.29, 0.717) is 21.9 Å². The summed E-state index contributed by atoms with van der Waals surface area (Å²) in [6, 6.07) is 16.2. The topological polar surface area (TPSA) is 84.8 Å². The van der Waals surface area contributed by atoms with Crippen molar-refractivity contribution in [3.05, 3.63) is 100 Å². The van der Waals surface area contributed by atoms with Gasteiger partial charge in [0.2, 0.25) is 0 Å². The van der Waals surface area contributed by atoms with Crippen LogP contribution in [0, 0.1) is 0 Å². The van der Waals surface area contributed by atoms with E-state index in [0.717, 1.165) is 30.5 Å². The Hall–Kier alpha value is -3.37. The zero-order valence-corrected chi connectivity index (χ0v) is 18.5. The van der Waals surface area contributed by atoms with Gasteiger partial charge in [0.05, 0.1) is 17.5 Å². The number of hydrogen-bond donors (Lipinski definition) is 1. The second kappa shape index (κ2) is 9.63. The molecular formula is C22H16ClF3N2O4S. The lowest BCUT2D eigenvalue weighted by Gasteiger charge is -2.10. The summed E-state index contributed by atoms with van der Waals surface area (Å²) in [6.07, 6.45) is -3.60. The van der Waals surface area contributed by atoms with Crippen molar-refractivity contribution in [2.75, 3.05) is 6.26 Å². The van der Waals surface area contributed by atoms with Crippen molar-refractivity contribution in [2.24, 2.45) is 5.10 Å². The van der Waals surface area contributed by atoms with Crippen molar-refractivity contribution in [1.82, 2.24) is 5.43 Å². The van der Waals surface area contributed by atoms with Gasteiger partial charge in [0.25, 0.3) is 5.91 Å². The van der Waals surface area contributed by atoms with Crippen LogP contribution in [0.2, 0.25) is 5.02 Å². The van der Waals surface area contributed by atoms with Crippen LogP contribution in [0.5, 0.6) is 5.75 Å². The van der Waals surface area contributed by atoms with E-state index in [1.165, 1.54) is 24.3 Å². The predicted octanol–water partition coefficient (Wildman–Crippen LogP) is 4.88. The first-order chi connectivity index (χ1) is 15.4. The average molecular weight is 497 g/mol. The third kappa shape index (κ3) is 6.80. The van der Waals surface area contributed by atoms with Crippen molar-refractivity contribution in [1.29, 1.82) is 0 Å². The second-order valence-corrected chi connectivity index (χ2v) is 8.81. The summed E-state index contributed by atoms with van der Waals surface area (Å²) in [7, 11) is -3.70. The summed E-state index contributed by atoms with van der Waals surface area (Å²) in [5.41, 5.74) is 2.82. The van der Waals surface area contributed by atoms with Gasteiger partial charge >= 0.3 is 16.3 Å². The van der Waals surface area contributed by atoms with Gasteiger partial charge in [-0.1, -0.05) is 23.7 Å². The molecule has 0 spiro atoms. The molecule has 0 bridgehead atoms. The number of alkyl halides is 3. The molecule has 3 aromatic carbocycles. The maximum atomic E-state index is 12.7. The van der Waals surface area contributed by atoms with Gasteiger partial charge in [-0.2, -0.15) is 26.7 Å². The molecule has 0 atom stereocenters. The van der Waals surface area contributed by atoms with Gasteiger partial charge in [-0.05, 0) is 60.7 Å². The predicted molar refractivity (Wildman–Crippen MR) is 118 cm³/mol. The number of carbonyl (C=O) groups is 1. The van der Waals surface area contributed by atoms with E-state index in [1.54, 1.807) is 24.3 Å². The third-order valence-electron chi connectivity index (χ3n) is 4.24. The van der Waals surface area contributed by atoms with Crippen LogP contribution in [0.4, 0.5) is 13.2 Å². The highest BCUT2D eigenvalue weighted by atomic mass is 35.5. The highest BCUT2D eigenvalue weighted by molar-refractivity contribution is 7.86. The van der Waals surface area contributed by atoms with E-state index < -0.39 is 27.8 Å². The van der Waals surface area contributed by atoms with Crippen LogP contribution in [0.3, 0.4) is 0 Å². The monoisotopic (exact) mass is 496 g/mol. The summed E-state index contributed by atoms with van der Waals surface area (Å²) >= 11 is 5.93. The summed E-state index contributed by atoms with van der Waals surface area (Å²) in [6.45, 7) is 0. The molecule has 6 nitrogen and oxygen atoms in total. The molecule has 0 aliphatic rings. The highest BCUT2D eigenvalue weighted by Crippen LogP contribution is 2.29. The first-order valence-corrected chi connectivity index (χ1v) is 11.4. The number of rotatable bonds is 6. The van der Waals surface area contributed by atoms with Gasteiger partial charge < -0.3 is 4.18 Å². The lowest BCUT2D eigenvalue weighted by molar-refractivity contribution is -0.137. The van der Waals surface area contributed by atoms with Crippen LogP contribution >= 0.6 is 11.6 Å². The average Bonchev–Trinajstić information content (AvgIpc) is 2.74. The fourth-order valence-corrected chi connectivity index (χ4v) is 3.32. The smallest absolute Gasteiger partial charge is 0.383 e. The molecule has 0 saturated carbocycles. The minimum Gasteiger partial charge on any atom is -0.383 e. The Bertz CT molecular complexity index is 1270. The maximum Gasteiger partial charge on any atom is 0.416 e. The molecule has 0 saturated heterocycles. The van der Waals surface area contributed by atoms with Crippen LogP contribution in [-0.4, -0.2) is 26.3 Å². The molecule has 33 heavy (non-hydrogen) atoms. The molecule has 11 heteroatoms. The van der Waals surface area contributed by atoms with Crippen molar-refractivity contribution >= 4 is 33.3 Å². The van der Waals surface area contributed by atoms with E-state index in [4.69, 9.17) is 15.8 Å². The maximum absolute atomic E-state index is 12.7. The molecule has 3 rings (SSSR count). The number of nitrogens with zero attached hydrogens (tertiary/aromatic N) is 1. The summed E-state index contributed by atoms with van der Waals surface area (Å²) in [5.74, 6) is -0.627. The highest BCUT2D eigenvalue weighted by Gasteiger charge is 2.30. The number of amides is 1. The molecule has 0 unspecified atom stereocenters. The van der Waals surface area contributed by atoms with Crippen LogP contribution in [-0.2, 0) is 16.3 Å². The van der Waals surface area contributed by atoms with Gasteiger partial charge in [-0.25, -0.2) is 5.43 Å². The van der Waals surface area contributed by atoms with E-state index >= 15 is 0 Å². The Morgan fingerprint density at radius 1 is 0.879 bits per heavy atom. The van der Waals surface area contributed by atoms with Gasteiger partial charge in [-0.15, -0.1) is 0 Å². The number of hydrazone groups is 1. The standard InChI is InChI=1S/C22H16ClF3N2O4S/c1-33(30,31)32-19-12-6-15(7-13-19)20(14-4-10-18(23)11-5-14)27-28-21(29)16-2-8-17(9-3-16)22(24,25)26/h2-13H,1H3,(H,28,29)/b27-20+. The Labute approximate surface area is 192 Å². The van der Waals surface area contributed by atoms with E-state index in [-0.39, 0.29) is 11.3 Å². The number of benzene rings is 3. The van der Waals surface area contributed by atoms with Crippen LogP contribution in [0.1, 0.15) is 27.0 Å². The molecule has 0 aromatic heterocycles. The molecule has 0 radical (unpaired) electrons. The summed E-state index contributed by atoms with van der Waals surface area (Å²) in [5, 5.41) is 4.61. The van der Waals surface area contributed by atoms with Crippen LogP contribution < -0.4 is 9.61 Å². The van der Waals surface area contributed by atoms with Crippen LogP contribution in [0.15, 0.2) is 77.9 Å². The first-order valence-electron chi connectivity index (χ1n) is 9.23. The van der Waals surface area contributed by atoms with Gasteiger partial charge in [0, 0.05) is 21.7 Å². The van der Waals surface area contributed by atoms with Crippen molar-refractivity contribution in [3.63, 3.8) is 0 Å². The van der Waals surface area contributed by atoms with Crippen molar-refractivity contribution in [3.8, 4) is 5.75 Å². The van der Waals surface area contributed by atoms with Crippen molar-refractivity contribution in [2.45, 2.75) is 6.18 Å². The van der Waals surface area contributed by atoms with E-state index in [2.05, 4.69) is 10.5 Å². The molecule has 0 aliphatic heterocycles. The molecule has 0 fully saturated rings. The normalized spacial score (nSPS) is 12.3. The molecule has 0 aliphatic carbocycles. The summed E-state index contributed by atoms with van der Waals surface area (Å²) < 4.78 is 65.6. The Morgan fingerprint density at radius 2 is 1.36 bits per heavy atom. The Morgan fingerprint density at radius 3 is 1.85 bits per heavy atom. The molecule has 0 heterocycles. The molecule has 1 N–H and O–H groups in total. The van der Waals surface area contributed by atoms with Gasteiger partial charge in [0.1, 0.15) is 5.75 Å². The fraction of sp³-hybridized carbons (Fsp3) is 0.0909. The van der Waals surface area contributed by atoms with E-state index in [9.17, 15) is 26.4 Å². The molecule has 1 amide bonds. The third-order valence-corrected chi connectivity index (χ3v) is 4.98. The molecule has 172 valence electrons. The zero-order chi connectivity index (χ0) is 24.2. The quantitative estimate of drug-likeness (QED) is 0.299. The number of nitrogens with one attached hydrogen (secondary N) is 1. The first kappa shape index (κ1) is 24.3. The Balaban J connectivity index is 1.89. The molecular weight excluding hydrogens is 481 g/mol. The SMILES string of the molecule is CS(=O)(=O)Oc1ccc(/C(=N/NC(=O)c2ccc(C(F)(F)F)cc2)c2ccc(Cl)cc2)cc1. The van der Waals surface area contributed by atoms with Gasteiger partial charge in [-0.3, -0.25) is 4.79 Å². The second-order valence-electron chi connectivity index (χ2n) is 6.80. The Kier molecular flexibility index (Phi) is 7.09. The van der Waals surface area contributed by atoms with Gasteiger partial charge in [0.15, 0.2) is 0 Å². The largest absolute Gasteiger partial charge is 0.416 e.